The molecule has 0 spiro atoms. The number of thioether (sulfide) groups is 1. The van der Waals surface area contributed by atoms with Gasteiger partial charge < -0.3 is 10.4 Å². The van der Waals surface area contributed by atoms with Gasteiger partial charge in [-0.2, -0.15) is 11.8 Å². The predicted octanol–water partition coefficient (Wildman–Crippen LogP) is -0.131. The third-order valence-electron chi connectivity index (χ3n) is 2.58. The lowest BCUT2D eigenvalue weighted by molar-refractivity contribution is -0.119. The molecule has 1 aliphatic rings. The molecule has 1 aliphatic heterocycles. The number of rotatable bonds is 6. The van der Waals surface area contributed by atoms with E-state index >= 15 is 0 Å². The van der Waals surface area contributed by atoms with Crippen molar-refractivity contribution in [1.29, 1.82) is 0 Å². The number of amides is 1. The van der Waals surface area contributed by atoms with Crippen LogP contribution in [0.25, 0.3) is 0 Å². The van der Waals surface area contributed by atoms with Crippen LogP contribution < -0.4 is 5.32 Å². The average Bonchev–Trinajstić information content (AvgIpc) is 2.51. The molecule has 0 aromatic heterocycles. The second-order valence-electron chi connectivity index (χ2n) is 4.57. The van der Waals surface area contributed by atoms with E-state index in [2.05, 4.69) is 5.32 Å². The standard InChI is InChI=1S/C10H18ClNO4S2/c1-7(2-13)3-17-4-10(14)12-9-6-18(15,16)5-8(9)11/h7-9,13H,2-6H2,1H3,(H,12,14). The minimum atomic E-state index is -3.11. The second kappa shape index (κ2) is 6.98. The first-order valence-corrected chi connectivity index (χ1v) is 9.08. The van der Waals surface area contributed by atoms with Crippen molar-refractivity contribution >= 4 is 39.1 Å². The van der Waals surface area contributed by atoms with Crippen LogP contribution in [0.1, 0.15) is 6.92 Å². The maximum absolute atomic E-state index is 11.6. The van der Waals surface area contributed by atoms with Gasteiger partial charge in [-0.25, -0.2) is 8.42 Å². The van der Waals surface area contributed by atoms with Gasteiger partial charge in [0.15, 0.2) is 9.84 Å². The van der Waals surface area contributed by atoms with Crippen molar-refractivity contribution in [2.75, 3.05) is 29.6 Å². The van der Waals surface area contributed by atoms with Crippen molar-refractivity contribution in [3.05, 3.63) is 0 Å². The molecule has 0 bridgehead atoms. The van der Waals surface area contributed by atoms with E-state index < -0.39 is 21.3 Å². The van der Waals surface area contributed by atoms with Crippen LogP contribution in [0, 0.1) is 5.92 Å². The molecule has 5 nitrogen and oxygen atoms in total. The number of carbonyl (C=O) groups is 1. The first-order chi connectivity index (χ1) is 8.34. The van der Waals surface area contributed by atoms with Crippen molar-refractivity contribution < 1.29 is 18.3 Å². The zero-order valence-electron chi connectivity index (χ0n) is 10.1. The normalized spacial score (nSPS) is 27.9. The molecule has 1 heterocycles. The van der Waals surface area contributed by atoms with E-state index in [9.17, 15) is 13.2 Å². The number of hydrogen-bond donors (Lipinski definition) is 2. The first-order valence-electron chi connectivity index (χ1n) is 5.66. The van der Waals surface area contributed by atoms with Crippen molar-refractivity contribution in [3.8, 4) is 0 Å². The third kappa shape index (κ3) is 5.34. The number of carbonyl (C=O) groups excluding carboxylic acids is 1. The first kappa shape index (κ1) is 16.1. The highest BCUT2D eigenvalue weighted by Gasteiger charge is 2.37. The lowest BCUT2D eigenvalue weighted by Crippen LogP contribution is -2.41. The Morgan fingerprint density at radius 3 is 2.72 bits per heavy atom. The molecule has 0 aromatic carbocycles. The highest BCUT2D eigenvalue weighted by molar-refractivity contribution is 7.99. The molecule has 3 unspecified atom stereocenters. The molecular weight excluding hydrogens is 298 g/mol. The van der Waals surface area contributed by atoms with E-state index in [-0.39, 0.29) is 35.7 Å². The van der Waals surface area contributed by atoms with Gasteiger partial charge in [-0.3, -0.25) is 4.79 Å². The Hall–Kier alpha value is 0.0200. The van der Waals surface area contributed by atoms with Gasteiger partial charge in [-0.1, -0.05) is 6.92 Å². The molecule has 1 rings (SSSR count). The van der Waals surface area contributed by atoms with Crippen LogP contribution in [0.15, 0.2) is 0 Å². The number of aliphatic hydroxyl groups is 1. The Morgan fingerprint density at radius 2 is 2.22 bits per heavy atom. The van der Waals surface area contributed by atoms with Gasteiger partial charge >= 0.3 is 0 Å². The molecule has 0 radical (unpaired) electrons. The van der Waals surface area contributed by atoms with Gasteiger partial charge in [0, 0.05) is 6.61 Å². The third-order valence-corrected chi connectivity index (χ3v) is 6.22. The fraction of sp³-hybridized carbons (Fsp3) is 0.900. The second-order valence-corrected chi connectivity index (χ2v) is 8.31. The van der Waals surface area contributed by atoms with Crippen molar-refractivity contribution in [2.45, 2.75) is 18.3 Å². The lowest BCUT2D eigenvalue weighted by Gasteiger charge is -2.14. The smallest absolute Gasteiger partial charge is 0.230 e. The number of nitrogens with one attached hydrogen (secondary N) is 1. The molecule has 1 saturated heterocycles. The maximum atomic E-state index is 11.6. The number of halogens is 1. The summed E-state index contributed by atoms with van der Waals surface area (Å²) in [4.78, 5) is 11.6. The van der Waals surface area contributed by atoms with Gasteiger partial charge in [0.25, 0.3) is 0 Å². The maximum Gasteiger partial charge on any atom is 0.230 e. The molecule has 8 heteroatoms. The Bertz CT molecular complexity index is 387. The van der Waals surface area contributed by atoms with Crippen LogP contribution in [0.2, 0.25) is 0 Å². The monoisotopic (exact) mass is 315 g/mol. The van der Waals surface area contributed by atoms with E-state index in [1.807, 2.05) is 6.92 Å². The van der Waals surface area contributed by atoms with Gasteiger partial charge in [-0.05, 0) is 11.7 Å². The largest absolute Gasteiger partial charge is 0.396 e. The molecule has 1 amide bonds. The summed E-state index contributed by atoms with van der Waals surface area (Å²) in [5, 5.41) is 10.9. The van der Waals surface area contributed by atoms with Gasteiger partial charge in [0.2, 0.25) is 5.91 Å². The topological polar surface area (TPSA) is 83.5 Å². The Morgan fingerprint density at radius 1 is 1.56 bits per heavy atom. The Labute approximate surface area is 117 Å². The van der Waals surface area contributed by atoms with Gasteiger partial charge in [0.05, 0.1) is 28.7 Å². The molecule has 18 heavy (non-hydrogen) atoms. The summed E-state index contributed by atoms with van der Waals surface area (Å²) in [6, 6.07) is -0.486. The summed E-state index contributed by atoms with van der Waals surface area (Å²) in [5.74, 6) is 0.730. The zero-order valence-corrected chi connectivity index (χ0v) is 12.5. The van der Waals surface area contributed by atoms with Crippen LogP contribution in [0.4, 0.5) is 0 Å². The van der Waals surface area contributed by atoms with E-state index in [0.29, 0.717) is 5.75 Å². The molecule has 0 aromatic rings. The molecule has 3 atom stereocenters. The quantitative estimate of drug-likeness (QED) is 0.667. The number of sulfone groups is 1. The van der Waals surface area contributed by atoms with Crippen molar-refractivity contribution in [2.24, 2.45) is 5.92 Å². The van der Waals surface area contributed by atoms with Crippen molar-refractivity contribution in [1.82, 2.24) is 5.32 Å². The minimum absolute atomic E-state index is 0.0752. The lowest BCUT2D eigenvalue weighted by atomic mass is 10.2. The average molecular weight is 316 g/mol. The fourth-order valence-electron chi connectivity index (χ4n) is 1.59. The van der Waals surface area contributed by atoms with Gasteiger partial charge in [-0.15, -0.1) is 11.6 Å². The zero-order chi connectivity index (χ0) is 13.8. The van der Waals surface area contributed by atoms with E-state index in [4.69, 9.17) is 16.7 Å². The van der Waals surface area contributed by atoms with Crippen LogP contribution in [-0.2, 0) is 14.6 Å². The van der Waals surface area contributed by atoms with Crippen LogP contribution in [-0.4, -0.2) is 60.5 Å². The molecule has 2 N–H and O–H groups in total. The molecule has 0 saturated carbocycles. The summed E-state index contributed by atoms with van der Waals surface area (Å²) >= 11 is 7.29. The fourth-order valence-corrected chi connectivity index (χ4v) is 5.04. The van der Waals surface area contributed by atoms with Crippen LogP contribution >= 0.6 is 23.4 Å². The summed E-state index contributed by atoms with van der Waals surface area (Å²) in [5.41, 5.74) is 0. The van der Waals surface area contributed by atoms with Crippen molar-refractivity contribution in [3.63, 3.8) is 0 Å². The molecule has 106 valence electrons. The number of aliphatic hydroxyl groups excluding tert-OH is 1. The predicted molar refractivity (Wildman–Crippen MR) is 73.8 cm³/mol. The van der Waals surface area contributed by atoms with E-state index in [1.165, 1.54) is 11.8 Å². The minimum Gasteiger partial charge on any atom is -0.396 e. The highest BCUT2D eigenvalue weighted by atomic mass is 35.5. The number of alkyl halides is 1. The molecular formula is C10H18ClNO4S2. The summed E-state index contributed by atoms with van der Waals surface area (Å²) < 4.78 is 22.6. The SMILES string of the molecule is CC(CO)CSCC(=O)NC1CS(=O)(=O)CC1Cl. The highest BCUT2D eigenvalue weighted by Crippen LogP contribution is 2.18. The number of hydrogen-bond acceptors (Lipinski definition) is 5. The molecule has 1 fully saturated rings. The summed E-state index contributed by atoms with van der Waals surface area (Å²) in [6.07, 6.45) is 0. The summed E-state index contributed by atoms with van der Waals surface area (Å²) in [6.45, 7) is 1.99. The van der Waals surface area contributed by atoms with E-state index in [1.54, 1.807) is 0 Å². The van der Waals surface area contributed by atoms with Crippen LogP contribution in [0.3, 0.4) is 0 Å². The Kier molecular flexibility index (Phi) is 6.23. The van der Waals surface area contributed by atoms with Gasteiger partial charge in [0.1, 0.15) is 0 Å². The van der Waals surface area contributed by atoms with E-state index in [0.717, 1.165) is 0 Å². The summed E-state index contributed by atoms with van der Waals surface area (Å²) in [7, 11) is -3.11. The Balaban J connectivity index is 2.29. The molecule has 0 aliphatic carbocycles. The van der Waals surface area contributed by atoms with Crippen LogP contribution in [0.5, 0.6) is 0 Å².